The third-order valence-corrected chi connectivity index (χ3v) is 4.47. The summed E-state index contributed by atoms with van der Waals surface area (Å²) in [4.78, 5) is 22.8. The van der Waals surface area contributed by atoms with Gasteiger partial charge in [-0.1, -0.05) is 16.4 Å². The van der Waals surface area contributed by atoms with Crippen LogP contribution >= 0.6 is 0 Å². The Labute approximate surface area is 155 Å². The number of pyridine rings is 1. The standard InChI is InChI=1S/C18H20N6O3/c1-12-11-15(26-22-12)14-6-4-10-24(14)18(25)20-9-7-16-21-17(23-27-16)13-5-2-3-8-19-13/h2-3,5,8,11,14H,4,6-7,9-10H2,1H3,(H,20,25)/t14-/m0/s1. The summed E-state index contributed by atoms with van der Waals surface area (Å²) in [6, 6.07) is 7.19. The molecule has 0 spiro atoms. The van der Waals surface area contributed by atoms with Gasteiger partial charge in [0, 0.05) is 31.8 Å². The first-order chi connectivity index (χ1) is 13.2. The average molecular weight is 368 g/mol. The summed E-state index contributed by atoms with van der Waals surface area (Å²) in [7, 11) is 0. The molecular formula is C18H20N6O3. The van der Waals surface area contributed by atoms with Crippen LogP contribution in [0.2, 0.25) is 0 Å². The van der Waals surface area contributed by atoms with E-state index in [4.69, 9.17) is 9.05 Å². The minimum Gasteiger partial charge on any atom is -0.359 e. The van der Waals surface area contributed by atoms with Gasteiger partial charge in [-0.05, 0) is 31.9 Å². The first-order valence-electron chi connectivity index (χ1n) is 8.92. The van der Waals surface area contributed by atoms with Crippen molar-refractivity contribution in [2.45, 2.75) is 32.2 Å². The number of amides is 2. The number of hydrogen-bond acceptors (Lipinski definition) is 7. The number of carbonyl (C=O) groups is 1. The van der Waals surface area contributed by atoms with E-state index in [1.807, 2.05) is 31.2 Å². The van der Waals surface area contributed by atoms with Crippen LogP contribution in [0.4, 0.5) is 4.79 Å². The van der Waals surface area contributed by atoms with Crippen molar-refractivity contribution in [3.05, 3.63) is 47.8 Å². The first-order valence-corrected chi connectivity index (χ1v) is 8.92. The number of rotatable bonds is 5. The third kappa shape index (κ3) is 3.81. The Kier molecular flexibility index (Phi) is 4.82. The molecule has 0 saturated carbocycles. The molecule has 1 atom stereocenters. The summed E-state index contributed by atoms with van der Waals surface area (Å²) in [5.41, 5.74) is 1.47. The minimum atomic E-state index is -0.129. The maximum absolute atomic E-state index is 12.5. The topological polar surface area (TPSA) is 110 Å². The van der Waals surface area contributed by atoms with Gasteiger partial charge < -0.3 is 19.3 Å². The normalized spacial score (nSPS) is 16.6. The predicted octanol–water partition coefficient (Wildman–Crippen LogP) is 2.52. The van der Waals surface area contributed by atoms with Crippen molar-refractivity contribution in [3.8, 4) is 11.5 Å². The van der Waals surface area contributed by atoms with Crippen LogP contribution < -0.4 is 5.32 Å². The lowest BCUT2D eigenvalue weighted by Crippen LogP contribution is -2.40. The van der Waals surface area contributed by atoms with E-state index in [-0.39, 0.29) is 12.1 Å². The Morgan fingerprint density at radius 2 is 2.26 bits per heavy atom. The molecule has 27 heavy (non-hydrogen) atoms. The molecule has 3 aromatic heterocycles. The van der Waals surface area contributed by atoms with Crippen LogP contribution in [-0.2, 0) is 6.42 Å². The zero-order chi connectivity index (χ0) is 18.6. The molecule has 9 nitrogen and oxygen atoms in total. The molecule has 0 bridgehead atoms. The van der Waals surface area contributed by atoms with Crippen LogP contribution in [0.1, 0.15) is 36.2 Å². The average Bonchev–Trinajstić information content (AvgIpc) is 3.42. The Hall–Kier alpha value is -3.23. The van der Waals surface area contributed by atoms with Crippen LogP contribution in [0.25, 0.3) is 11.5 Å². The summed E-state index contributed by atoms with van der Waals surface area (Å²) in [6.07, 6.45) is 3.94. The molecule has 0 aromatic carbocycles. The van der Waals surface area contributed by atoms with Crippen molar-refractivity contribution in [1.82, 2.24) is 30.5 Å². The molecule has 0 radical (unpaired) electrons. The molecular weight excluding hydrogens is 348 g/mol. The quantitative estimate of drug-likeness (QED) is 0.736. The fraction of sp³-hybridized carbons (Fsp3) is 0.389. The summed E-state index contributed by atoms with van der Waals surface area (Å²) in [6.45, 7) is 2.97. The van der Waals surface area contributed by atoms with Gasteiger partial charge in [-0.3, -0.25) is 4.98 Å². The van der Waals surface area contributed by atoms with E-state index in [1.54, 1.807) is 11.1 Å². The van der Waals surface area contributed by atoms with Crippen LogP contribution in [0.15, 0.2) is 39.5 Å². The highest BCUT2D eigenvalue weighted by Gasteiger charge is 2.32. The predicted molar refractivity (Wildman–Crippen MR) is 94.6 cm³/mol. The van der Waals surface area contributed by atoms with Crippen molar-refractivity contribution in [3.63, 3.8) is 0 Å². The smallest absolute Gasteiger partial charge is 0.318 e. The third-order valence-electron chi connectivity index (χ3n) is 4.47. The Morgan fingerprint density at radius 3 is 3.04 bits per heavy atom. The molecule has 1 N–H and O–H groups in total. The second-order valence-electron chi connectivity index (χ2n) is 6.43. The second-order valence-corrected chi connectivity index (χ2v) is 6.43. The number of hydrogen-bond donors (Lipinski definition) is 1. The van der Waals surface area contributed by atoms with Gasteiger partial charge in [0.2, 0.25) is 11.7 Å². The molecule has 3 aromatic rings. The van der Waals surface area contributed by atoms with Crippen molar-refractivity contribution < 1.29 is 13.8 Å². The molecule has 140 valence electrons. The van der Waals surface area contributed by atoms with E-state index in [2.05, 4.69) is 25.6 Å². The van der Waals surface area contributed by atoms with Crippen LogP contribution in [-0.4, -0.2) is 44.3 Å². The van der Waals surface area contributed by atoms with Gasteiger partial charge in [0.15, 0.2) is 5.76 Å². The van der Waals surface area contributed by atoms with Gasteiger partial charge in [-0.15, -0.1) is 0 Å². The molecule has 9 heteroatoms. The molecule has 2 amide bonds. The lowest BCUT2D eigenvalue weighted by Gasteiger charge is -2.22. The second kappa shape index (κ2) is 7.56. The lowest BCUT2D eigenvalue weighted by atomic mass is 10.1. The largest absolute Gasteiger partial charge is 0.359 e. The number of urea groups is 1. The number of likely N-dealkylation sites (tertiary alicyclic amines) is 1. The summed E-state index contributed by atoms with van der Waals surface area (Å²) in [5, 5.41) is 10.8. The van der Waals surface area contributed by atoms with Crippen LogP contribution in [0.5, 0.6) is 0 Å². The van der Waals surface area contributed by atoms with E-state index in [9.17, 15) is 4.79 Å². The maximum Gasteiger partial charge on any atom is 0.318 e. The molecule has 4 rings (SSSR count). The van der Waals surface area contributed by atoms with Gasteiger partial charge in [-0.2, -0.15) is 4.98 Å². The molecule has 0 unspecified atom stereocenters. The van der Waals surface area contributed by atoms with Gasteiger partial charge >= 0.3 is 6.03 Å². The van der Waals surface area contributed by atoms with E-state index in [0.29, 0.717) is 36.9 Å². The first kappa shape index (κ1) is 17.2. The molecule has 1 saturated heterocycles. The zero-order valence-corrected chi connectivity index (χ0v) is 15.0. The monoisotopic (exact) mass is 368 g/mol. The van der Waals surface area contributed by atoms with Crippen LogP contribution in [0, 0.1) is 6.92 Å². The SMILES string of the molecule is Cc1cc([C@@H]2CCCN2C(=O)NCCc2nc(-c3ccccn3)no2)on1. The highest BCUT2D eigenvalue weighted by Crippen LogP contribution is 2.32. The molecule has 1 aliphatic heterocycles. The Balaban J connectivity index is 1.31. The number of nitrogens with zero attached hydrogens (tertiary/aromatic N) is 5. The van der Waals surface area contributed by atoms with E-state index < -0.39 is 0 Å². The van der Waals surface area contributed by atoms with Gasteiger partial charge in [0.1, 0.15) is 5.69 Å². The highest BCUT2D eigenvalue weighted by molar-refractivity contribution is 5.75. The van der Waals surface area contributed by atoms with Gasteiger partial charge in [0.05, 0.1) is 11.7 Å². The summed E-state index contributed by atoms with van der Waals surface area (Å²) >= 11 is 0. The van der Waals surface area contributed by atoms with E-state index >= 15 is 0 Å². The van der Waals surface area contributed by atoms with Crippen molar-refractivity contribution in [2.75, 3.05) is 13.1 Å². The molecule has 0 aliphatic carbocycles. The fourth-order valence-corrected chi connectivity index (χ4v) is 3.18. The van der Waals surface area contributed by atoms with E-state index in [1.165, 1.54) is 0 Å². The number of aryl methyl sites for hydroxylation is 1. The summed E-state index contributed by atoms with van der Waals surface area (Å²) in [5.74, 6) is 1.63. The molecule has 1 fully saturated rings. The Bertz CT molecular complexity index is 907. The summed E-state index contributed by atoms with van der Waals surface area (Å²) < 4.78 is 10.6. The molecule has 4 heterocycles. The lowest BCUT2D eigenvalue weighted by molar-refractivity contribution is 0.182. The minimum absolute atomic E-state index is 0.0645. The zero-order valence-electron chi connectivity index (χ0n) is 15.0. The number of aromatic nitrogens is 4. The fourth-order valence-electron chi connectivity index (χ4n) is 3.18. The Morgan fingerprint density at radius 1 is 1.33 bits per heavy atom. The number of nitrogens with one attached hydrogen (secondary N) is 1. The van der Waals surface area contributed by atoms with Crippen molar-refractivity contribution in [2.24, 2.45) is 0 Å². The maximum atomic E-state index is 12.5. The van der Waals surface area contributed by atoms with Gasteiger partial charge in [-0.25, -0.2) is 4.79 Å². The molecule has 1 aliphatic rings. The van der Waals surface area contributed by atoms with Gasteiger partial charge in [0.25, 0.3) is 0 Å². The highest BCUT2D eigenvalue weighted by atomic mass is 16.5. The number of carbonyl (C=O) groups excluding carboxylic acids is 1. The van der Waals surface area contributed by atoms with E-state index in [0.717, 1.165) is 24.3 Å². The van der Waals surface area contributed by atoms with Crippen molar-refractivity contribution in [1.29, 1.82) is 0 Å². The van der Waals surface area contributed by atoms with Crippen LogP contribution in [0.3, 0.4) is 0 Å². The van der Waals surface area contributed by atoms with Crippen molar-refractivity contribution >= 4 is 6.03 Å².